The Hall–Kier alpha value is -0.970. The molecule has 0 spiro atoms. The largest absolute Gasteiger partial charge is 0.494 e. The highest BCUT2D eigenvalue weighted by molar-refractivity contribution is 6.36. The highest BCUT2D eigenvalue weighted by Crippen LogP contribution is 2.39. The third-order valence-electron chi connectivity index (χ3n) is 4.04. The molecule has 0 radical (unpaired) electrons. The first-order chi connectivity index (χ1) is 9.60. The summed E-state index contributed by atoms with van der Waals surface area (Å²) in [5, 5.41) is 3.76. The summed E-state index contributed by atoms with van der Waals surface area (Å²) in [6.45, 7) is 0.786. The number of benzene rings is 1. The Labute approximate surface area is 127 Å². The second-order valence-corrected chi connectivity index (χ2v) is 5.99. The number of hydrogen-bond donors (Lipinski definition) is 1. The molecule has 3 rings (SSSR count). The summed E-state index contributed by atoms with van der Waals surface area (Å²) in [6.07, 6.45) is 2.18. The van der Waals surface area contributed by atoms with Crippen molar-refractivity contribution in [2.75, 3.05) is 13.7 Å². The van der Waals surface area contributed by atoms with Gasteiger partial charge in [-0.25, -0.2) is 0 Å². The Bertz CT molecular complexity index is 549. The van der Waals surface area contributed by atoms with Crippen LogP contribution in [-0.2, 0) is 4.74 Å². The molecule has 1 aromatic carbocycles. The Balaban J connectivity index is 1.77. The van der Waals surface area contributed by atoms with Gasteiger partial charge in [-0.2, -0.15) is 0 Å². The average molecular weight is 316 g/mol. The van der Waals surface area contributed by atoms with Gasteiger partial charge in [0.05, 0.1) is 23.8 Å². The topological polar surface area (TPSA) is 47.6 Å². The van der Waals surface area contributed by atoms with Gasteiger partial charge in [0.1, 0.15) is 5.75 Å². The van der Waals surface area contributed by atoms with Gasteiger partial charge in [0.25, 0.3) is 5.91 Å². The summed E-state index contributed by atoms with van der Waals surface area (Å²) in [4.78, 5) is 12.4. The van der Waals surface area contributed by atoms with E-state index in [1.807, 2.05) is 0 Å². The van der Waals surface area contributed by atoms with Crippen LogP contribution >= 0.6 is 23.2 Å². The lowest BCUT2D eigenvalue weighted by molar-refractivity contribution is 0.00807. The van der Waals surface area contributed by atoms with Crippen LogP contribution in [0.3, 0.4) is 0 Å². The zero-order valence-corrected chi connectivity index (χ0v) is 12.5. The number of amides is 1. The predicted octanol–water partition coefficient (Wildman–Crippen LogP) is 2.91. The maximum atomic E-state index is 12.4. The third kappa shape index (κ3) is 2.36. The van der Waals surface area contributed by atoms with Crippen LogP contribution in [0.1, 0.15) is 23.2 Å². The lowest BCUT2D eigenvalue weighted by Gasteiger charge is -2.39. The highest BCUT2D eigenvalue weighted by atomic mass is 35.5. The van der Waals surface area contributed by atoms with E-state index in [-0.39, 0.29) is 11.9 Å². The van der Waals surface area contributed by atoms with Crippen LogP contribution in [0.4, 0.5) is 0 Å². The van der Waals surface area contributed by atoms with Gasteiger partial charge in [-0.15, -0.1) is 0 Å². The van der Waals surface area contributed by atoms with Crippen molar-refractivity contribution in [2.45, 2.75) is 25.0 Å². The standard InChI is InChI=1S/C14H15Cl2NO3/c1-19-13-9(4-7(15)5-10(13)16)14(18)17-11-6-12-8(11)2-3-20-12/h4-5,8,11-12H,2-3,6H2,1H3,(H,17,18)/t8-,11+,12+/m1/s1. The zero-order valence-electron chi connectivity index (χ0n) is 11.0. The summed E-state index contributed by atoms with van der Waals surface area (Å²) in [5.41, 5.74) is 0.368. The van der Waals surface area contributed by atoms with Gasteiger partial charge >= 0.3 is 0 Å². The lowest BCUT2D eigenvalue weighted by Crippen LogP contribution is -2.53. The summed E-state index contributed by atoms with van der Waals surface area (Å²) in [7, 11) is 1.48. The molecule has 2 aliphatic rings. The fourth-order valence-electron chi connectivity index (χ4n) is 2.95. The van der Waals surface area contributed by atoms with Crippen LogP contribution in [0, 0.1) is 5.92 Å². The smallest absolute Gasteiger partial charge is 0.255 e. The summed E-state index contributed by atoms with van der Waals surface area (Å²) in [6, 6.07) is 3.30. The van der Waals surface area contributed by atoms with Crippen LogP contribution in [0.5, 0.6) is 5.75 Å². The van der Waals surface area contributed by atoms with E-state index >= 15 is 0 Å². The number of rotatable bonds is 3. The van der Waals surface area contributed by atoms with Crippen LogP contribution in [0.2, 0.25) is 10.0 Å². The van der Waals surface area contributed by atoms with Crippen molar-refractivity contribution in [3.05, 3.63) is 27.7 Å². The Morgan fingerprint density at radius 2 is 2.25 bits per heavy atom. The summed E-state index contributed by atoms with van der Waals surface area (Å²) >= 11 is 12.0. The normalized spacial score (nSPS) is 27.6. The van der Waals surface area contributed by atoms with Crippen molar-refractivity contribution >= 4 is 29.1 Å². The molecule has 20 heavy (non-hydrogen) atoms. The molecule has 1 saturated heterocycles. The van der Waals surface area contributed by atoms with Crippen LogP contribution < -0.4 is 10.1 Å². The molecule has 108 valence electrons. The molecule has 1 aliphatic carbocycles. The molecular formula is C14H15Cl2NO3. The minimum Gasteiger partial charge on any atom is -0.494 e. The molecule has 1 aromatic rings. The Kier molecular flexibility index (Phi) is 3.80. The Morgan fingerprint density at radius 3 is 2.95 bits per heavy atom. The molecule has 1 N–H and O–H groups in total. The number of halogens is 2. The minimum atomic E-state index is -0.207. The Morgan fingerprint density at radius 1 is 1.45 bits per heavy atom. The maximum Gasteiger partial charge on any atom is 0.255 e. The molecule has 0 unspecified atom stereocenters. The molecule has 6 heteroatoms. The highest BCUT2D eigenvalue weighted by Gasteiger charge is 2.45. The molecule has 1 amide bonds. The van der Waals surface area contributed by atoms with E-state index in [2.05, 4.69) is 5.32 Å². The second-order valence-electron chi connectivity index (χ2n) is 5.15. The molecule has 3 atom stereocenters. The molecule has 1 aliphatic heterocycles. The molecule has 1 heterocycles. The minimum absolute atomic E-state index is 0.164. The van der Waals surface area contributed by atoms with Crippen molar-refractivity contribution in [1.82, 2.24) is 5.32 Å². The zero-order chi connectivity index (χ0) is 14.3. The SMILES string of the molecule is COc1c(Cl)cc(Cl)cc1C(=O)N[C@H]1C[C@@H]2OCC[C@H]12. The second kappa shape index (κ2) is 5.43. The van der Waals surface area contributed by atoms with Gasteiger partial charge < -0.3 is 14.8 Å². The number of fused-ring (bicyclic) bond motifs is 1. The number of methoxy groups -OCH3 is 1. The van der Waals surface area contributed by atoms with Crippen LogP contribution in [0.25, 0.3) is 0 Å². The number of hydrogen-bond acceptors (Lipinski definition) is 3. The molecule has 1 saturated carbocycles. The van der Waals surface area contributed by atoms with Gasteiger partial charge in [0, 0.05) is 23.6 Å². The van der Waals surface area contributed by atoms with Crippen molar-refractivity contribution < 1.29 is 14.3 Å². The van der Waals surface area contributed by atoms with E-state index in [1.54, 1.807) is 12.1 Å². The fraction of sp³-hybridized carbons (Fsp3) is 0.500. The summed E-state index contributed by atoms with van der Waals surface area (Å²) in [5.74, 6) is 0.577. The van der Waals surface area contributed by atoms with Crippen LogP contribution in [0.15, 0.2) is 12.1 Å². The quantitative estimate of drug-likeness (QED) is 0.933. The molecule has 4 nitrogen and oxygen atoms in total. The molecule has 0 aromatic heterocycles. The average Bonchev–Trinajstić information content (AvgIpc) is 2.76. The van der Waals surface area contributed by atoms with Gasteiger partial charge in [0.2, 0.25) is 0 Å². The van der Waals surface area contributed by atoms with Crippen molar-refractivity contribution in [1.29, 1.82) is 0 Å². The fourth-order valence-corrected chi connectivity index (χ4v) is 3.52. The maximum absolute atomic E-state index is 12.4. The van der Waals surface area contributed by atoms with E-state index in [4.69, 9.17) is 32.7 Å². The van der Waals surface area contributed by atoms with Crippen LogP contribution in [-0.4, -0.2) is 31.8 Å². The number of carbonyl (C=O) groups excluding carboxylic acids is 1. The van der Waals surface area contributed by atoms with Gasteiger partial charge in [-0.3, -0.25) is 4.79 Å². The van der Waals surface area contributed by atoms with Crippen molar-refractivity contribution in [3.63, 3.8) is 0 Å². The van der Waals surface area contributed by atoms with Gasteiger partial charge in [0.15, 0.2) is 0 Å². The van der Waals surface area contributed by atoms with Gasteiger partial charge in [-0.1, -0.05) is 23.2 Å². The predicted molar refractivity (Wildman–Crippen MR) is 76.7 cm³/mol. The van der Waals surface area contributed by atoms with E-state index in [1.165, 1.54) is 7.11 Å². The van der Waals surface area contributed by atoms with E-state index in [0.717, 1.165) is 19.4 Å². The number of carbonyl (C=O) groups is 1. The van der Waals surface area contributed by atoms with Crippen molar-refractivity contribution in [2.24, 2.45) is 5.92 Å². The van der Waals surface area contributed by atoms with E-state index < -0.39 is 0 Å². The third-order valence-corrected chi connectivity index (χ3v) is 4.54. The van der Waals surface area contributed by atoms with E-state index in [0.29, 0.717) is 33.4 Å². The number of ether oxygens (including phenoxy) is 2. The van der Waals surface area contributed by atoms with Gasteiger partial charge in [-0.05, 0) is 25.0 Å². The first kappa shape index (κ1) is 14.0. The first-order valence-electron chi connectivity index (χ1n) is 6.55. The summed E-state index contributed by atoms with van der Waals surface area (Å²) < 4.78 is 10.7. The van der Waals surface area contributed by atoms with Crippen molar-refractivity contribution in [3.8, 4) is 5.75 Å². The number of nitrogens with one attached hydrogen (secondary N) is 1. The molecule has 0 bridgehead atoms. The molecule has 2 fully saturated rings. The first-order valence-corrected chi connectivity index (χ1v) is 7.31. The molecular weight excluding hydrogens is 301 g/mol. The monoisotopic (exact) mass is 315 g/mol. The lowest BCUT2D eigenvalue weighted by atomic mass is 9.76. The van der Waals surface area contributed by atoms with E-state index in [9.17, 15) is 4.79 Å².